The molecule has 0 bridgehead atoms. The molecule has 0 fully saturated rings. The van der Waals surface area contributed by atoms with Gasteiger partial charge in [0, 0.05) is 6.54 Å². The molecule has 26 heavy (non-hydrogen) atoms. The lowest BCUT2D eigenvalue weighted by Gasteiger charge is -2.30. The lowest BCUT2D eigenvalue weighted by atomic mass is 9.86. The highest BCUT2D eigenvalue weighted by atomic mass is 16.5. The third-order valence-corrected chi connectivity index (χ3v) is 4.40. The van der Waals surface area contributed by atoms with E-state index in [1.165, 1.54) is 4.90 Å². The van der Waals surface area contributed by atoms with Crippen LogP contribution in [0.25, 0.3) is 0 Å². The molecule has 5 nitrogen and oxygen atoms in total. The van der Waals surface area contributed by atoms with Gasteiger partial charge in [-0.3, -0.25) is 14.5 Å². The molecule has 3 rings (SSSR count). The Morgan fingerprint density at radius 3 is 2.58 bits per heavy atom. The standard InChI is InChI=1S/C21H24N2O3/c1-21(2,3)16-9-10-17-18(11-16)26-14-20(25)23(17)13-19(24)22-12-15-7-5-4-6-8-15/h4-11H,12-14H2,1-3H3,(H,22,24). The first kappa shape index (κ1) is 18.0. The third kappa shape index (κ3) is 4.04. The number of amides is 2. The average Bonchev–Trinajstić information content (AvgIpc) is 2.62. The fourth-order valence-electron chi connectivity index (χ4n) is 2.84. The summed E-state index contributed by atoms with van der Waals surface area (Å²) in [5.74, 6) is 0.235. The highest BCUT2D eigenvalue weighted by Crippen LogP contribution is 2.36. The van der Waals surface area contributed by atoms with E-state index < -0.39 is 0 Å². The van der Waals surface area contributed by atoms with Gasteiger partial charge in [-0.15, -0.1) is 0 Å². The molecule has 0 aliphatic carbocycles. The number of anilines is 1. The highest BCUT2D eigenvalue weighted by Gasteiger charge is 2.28. The minimum atomic E-state index is -0.212. The monoisotopic (exact) mass is 352 g/mol. The van der Waals surface area contributed by atoms with Gasteiger partial charge in [0.25, 0.3) is 5.91 Å². The number of rotatable bonds is 4. The van der Waals surface area contributed by atoms with Crippen LogP contribution < -0.4 is 15.0 Å². The first-order valence-corrected chi connectivity index (χ1v) is 8.73. The van der Waals surface area contributed by atoms with E-state index in [0.717, 1.165) is 11.1 Å². The van der Waals surface area contributed by atoms with Crippen molar-refractivity contribution < 1.29 is 14.3 Å². The van der Waals surface area contributed by atoms with Crippen LogP contribution in [-0.2, 0) is 21.5 Å². The number of hydrogen-bond donors (Lipinski definition) is 1. The van der Waals surface area contributed by atoms with Crippen molar-refractivity contribution >= 4 is 17.5 Å². The SMILES string of the molecule is CC(C)(C)c1ccc2c(c1)OCC(=O)N2CC(=O)NCc1ccccc1. The van der Waals surface area contributed by atoms with Crippen molar-refractivity contribution in [3.63, 3.8) is 0 Å². The van der Waals surface area contributed by atoms with Crippen molar-refractivity contribution in [3.8, 4) is 5.75 Å². The van der Waals surface area contributed by atoms with Gasteiger partial charge in [0.05, 0.1) is 5.69 Å². The summed E-state index contributed by atoms with van der Waals surface area (Å²) in [6.45, 7) is 6.74. The maximum Gasteiger partial charge on any atom is 0.265 e. The molecule has 0 spiro atoms. The molecular weight excluding hydrogens is 328 g/mol. The zero-order valence-corrected chi connectivity index (χ0v) is 15.4. The normalized spacial score (nSPS) is 13.8. The second-order valence-corrected chi connectivity index (χ2v) is 7.46. The predicted octanol–water partition coefficient (Wildman–Crippen LogP) is 3.03. The molecule has 5 heteroatoms. The van der Waals surface area contributed by atoms with Crippen molar-refractivity contribution in [1.82, 2.24) is 5.32 Å². The molecule has 2 aromatic carbocycles. The van der Waals surface area contributed by atoms with E-state index in [0.29, 0.717) is 18.0 Å². The quantitative estimate of drug-likeness (QED) is 0.920. The van der Waals surface area contributed by atoms with Crippen LogP contribution in [0.1, 0.15) is 31.9 Å². The van der Waals surface area contributed by atoms with Gasteiger partial charge in [-0.25, -0.2) is 0 Å². The topological polar surface area (TPSA) is 58.6 Å². The summed E-state index contributed by atoms with van der Waals surface area (Å²) in [6.07, 6.45) is 0. The summed E-state index contributed by atoms with van der Waals surface area (Å²) < 4.78 is 5.59. The molecule has 2 aromatic rings. The molecule has 0 radical (unpaired) electrons. The van der Waals surface area contributed by atoms with Gasteiger partial charge in [0.2, 0.25) is 5.91 Å². The summed E-state index contributed by atoms with van der Waals surface area (Å²) in [5.41, 5.74) is 2.77. The Balaban J connectivity index is 1.72. The Labute approximate surface area is 154 Å². The zero-order valence-electron chi connectivity index (χ0n) is 15.4. The van der Waals surface area contributed by atoms with E-state index in [1.807, 2.05) is 48.5 Å². The van der Waals surface area contributed by atoms with Gasteiger partial charge in [-0.1, -0.05) is 57.2 Å². The largest absolute Gasteiger partial charge is 0.482 e. The minimum absolute atomic E-state index is 0.0161. The van der Waals surface area contributed by atoms with Crippen LogP contribution in [0.3, 0.4) is 0 Å². The number of carbonyl (C=O) groups excluding carboxylic acids is 2. The summed E-state index contributed by atoms with van der Waals surface area (Å²) in [4.78, 5) is 26.1. The molecular formula is C21H24N2O3. The lowest BCUT2D eigenvalue weighted by molar-refractivity contribution is -0.125. The van der Waals surface area contributed by atoms with E-state index in [9.17, 15) is 9.59 Å². The molecule has 0 atom stereocenters. The average molecular weight is 352 g/mol. The fraction of sp³-hybridized carbons (Fsp3) is 0.333. The molecule has 0 saturated heterocycles. The van der Waals surface area contributed by atoms with Gasteiger partial charge in [0.1, 0.15) is 12.3 Å². The Kier molecular flexibility index (Phi) is 4.98. The zero-order chi connectivity index (χ0) is 18.7. The number of nitrogens with one attached hydrogen (secondary N) is 1. The molecule has 0 aromatic heterocycles. The van der Waals surface area contributed by atoms with Crippen LogP contribution in [0.5, 0.6) is 5.75 Å². The van der Waals surface area contributed by atoms with Gasteiger partial charge in [0.15, 0.2) is 6.61 Å². The smallest absolute Gasteiger partial charge is 0.265 e. The predicted molar refractivity (Wildman–Crippen MR) is 101 cm³/mol. The van der Waals surface area contributed by atoms with Crippen LogP contribution >= 0.6 is 0 Å². The summed E-state index contributed by atoms with van der Waals surface area (Å²) >= 11 is 0. The van der Waals surface area contributed by atoms with Crippen LogP contribution in [-0.4, -0.2) is 25.0 Å². The Morgan fingerprint density at radius 2 is 1.88 bits per heavy atom. The Hall–Kier alpha value is -2.82. The summed E-state index contributed by atoms with van der Waals surface area (Å²) in [7, 11) is 0. The first-order valence-electron chi connectivity index (χ1n) is 8.73. The number of hydrogen-bond acceptors (Lipinski definition) is 3. The number of nitrogens with zero attached hydrogens (tertiary/aromatic N) is 1. The van der Waals surface area contributed by atoms with E-state index in [2.05, 4.69) is 26.1 Å². The minimum Gasteiger partial charge on any atom is -0.482 e. The van der Waals surface area contributed by atoms with Crippen molar-refractivity contribution in [1.29, 1.82) is 0 Å². The van der Waals surface area contributed by atoms with E-state index in [-0.39, 0.29) is 30.4 Å². The van der Waals surface area contributed by atoms with Gasteiger partial charge >= 0.3 is 0 Å². The fourth-order valence-corrected chi connectivity index (χ4v) is 2.84. The van der Waals surface area contributed by atoms with Crippen molar-refractivity contribution in [2.45, 2.75) is 32.7 Å². The number of ether oxygens (including phenoxy) is 1. The lowest BCUT2D eigenvalue weighted by Crippen LogP contribution is -2.45. The van der Waals surface area contributed by atoms with Crippen LogP contribution in [0.4, 0.5) is 5.69 Å². The molecule has 1 aliphatic heterocycles. The molecule has 1 heterocycles. The van der Waals surface area contributed by atoms with E-state index in [4.69, 9.17) is 4.74 Å². The Bertz CT molecular complexity index is 810. The Morgan fingerprint density at radius 1 is 1.15 bits per heavy atom. The van der Waals surface area contributed by atoms with Gasteiger partial charge in [-0.05, 0) is 28.7 Å². The van der Waals surface area contributed by atoms with Crippen LogP contribution in [0.2, 0.25) is 0 Å². The maximum absolute atomic E-state index is 12.3. The molecule has 0 saturated carbocycles. The second-order valence-electron chi connectivity index (χ2n) is 7.46. The van der Waals surface area contributed by atoms with Crippen LogP contribution in [0, 0.1) is 0 Å². The van der Waals surface area contributed by atoms with Gasteiger partial charge < -0.3 is 10.1 Å². The van der Waals surface area contributed by atoms with Crippen LogP contribution in [0.15, 0.2) is 48.5 Å². The second kappa shape index (κ2) is 7.20. The van der Waals surface area contributed by atoms with Crippen molar-refractivity contribution in [3.05, 3.63) is 59.7 Å². The highest BCUT2D eigenvalue weighted by molar-refractivity contribution is 6.02. The molecule has 1 N–H and O–H groups in total. The number of carbonyl (C=O) groups is 2. The number of fused-ring (bicyclic) bond motifs is 1. The molecule has 2 amide bonds. The van der Waals surface area contributed by atoms with Crippen molar-refractivity contribution in [2.24, 2.45) is 0 Å². The number of benzene rings is 2. The first-order chi connectivity index (χ1) is 12.3. The third-order valence-electron chi connectivity index (χ3n) is 4.40. The molecule has 1 aliphatic rings. The molecule has 0 unspecified atom stereocenters. The van der Waals surface area contributed by atoms with Gasteiger partial charge in [-0.2, -0.15) is 0 Å². The van der Waals surface area contributed by atoms with E-state index in [1.54, 1.807) is 0 Å². The summed E-state index contributed by atoms with van der Waals surface area (Å²) in [6, 6.07) is 15.5. The van der Waals surface area contributed by atoms with Crippen molar-refractivity contribution in [2.75, 3.05) is 18.1 Å². The maximum atomic E-state index is 12.3. The van der Waals surface area contributed by atoms with E-state index >= 15 is 0 Å². The summed E-state index contributed by atoms with van der Waals surface area (Å²) in [5, 5.41) is 2.86. The molecule has 136 valence electrons.